The average Bonchev–Trinajstić information content (AvgIpc) is 3.27. The van der Waals surface area contributed by atoms with Gasteiger partial charge in [-0.05, 0) is 31.6 Å². The fraction of sp³-hybridized carbons (Fsp3) is 0.857. The summed E-state index contributed by atoms with van der Waals surface area (Å²) in [5.41, 5.74) is 5.90. The molecule has 1 atom stereocenters. The summed E-state index contributed by atoms with van der Waals surface area (Å²) in [6.45, 7) is 0.593. The van der Waals surface area contributed by atoms with Crippen LogP contribution in [0.25, 0.3) is 0 Å². The van der Waals surface area contributed by atoms with E-state index in [0.717, 1.165) is 25.7 Å². The van der Waals surface area contributed by atoms with Crippen molar-refractivity contribution in [2.75, 3.05) is 13.1 Å². The highest BCUT2D eigenvalue weighted by molar-refractivity contribution is 5.85. The number of nitrogens with two attached hydrogens (primary N) is 1. The molecule has 0 spiro atoms. The van der Waals surface area contributed by atoms with Crippen molar-refractivity contribution in [2.24, 2.45) is 17.6 Å². The monoisotopic (exact) mass is 267 g/mol. The highest BCUT2D eigenvalue weighted by Crippen LogP contribution is 2.31. The molecule has 2 aliphatic carbocycles. The molecule has 2 aliphatic rings. The van der Waals surface area contributed by atoms with Crippen molar-refractivity contribution in [2.45, 2.75) is 51.0 Å². The van der Waals surface area contributed by atoms with Gasteiger partial charge in [0, 0.05) is 18.5 Å². The van der Waals surface area contributed by atoms with E-state index in [1.807, 2.05) is 0 Å². The first kappa shape index (κ1) is 14.3. The molecule has 5 nitrogen and oxygen atoms in total. The van der Waals surface area contributed by atoms with E-state index in [1.54, 1.807) is 0 Å². The minimum Gasteiger partial charge on any atom is -0.353 e. The van der Waals surface area contributed by atoms with E-state index in [0.29, 0.717) is 12.5 Å². The van der Waals surface area contributed by atoms with E-state index in [-0.39, 0.29) is 30.3 Å². The summed E-state index contributed by atoms with van der Waals surface area (Å²) >= 11 is 0. The van der Waals surface area contributed by atoms with Gasteiger partial charge in [0.15, 0.2) is 0 Å². The molecule has 2 saturated carbocycles. The smallest absolute Gasteiger partial charge is 0.239 e. The highest BCUT2D eigenvalue weighted by atomic mass is 16.2. The van der Waals surface area contributed by atoms with Crippen LogP contribution in [0.4, 0.5) is 0 Å². The van der Waals surface area contributed by atoms with Crippen molar-refractivity contribution in [3.8, 4) is 0 Å². The van der Waals surface area contributed by atoms with Crippen LogP contribution >= 0.6 is 0 Å². The van der Waals surface area contributed by atoms with Gasteiger partial charge in [0.25, 0.3) is 0 Å². The molecule has 19 heavy (non-hydrogen) atoms. The van der Waals surface area contributed by atoms with E-state index in [1.165, 1.54) is 19.3 Å². The van der Waals surface area contributed by atoms with Crippen molar-refractivity contribution in [1.82, 2.24) is 10.6 Å². The van der Waals surface area contributed by atoms with Crippen LogP contribution in [0.1, 0.15) is 44.9 Å². The number of amides is 2. The van der Waals surface area contributed by atoms with Crippen LogP contribution < -0.4 is 16.4 Å². The molecule has 0 aromatic rings. The summed E-state index contributed by atoms with van der Waals surface area (Å²) in [6.07, 6.45) is 7.75. The third-order valence-corrected chi connectivity index (χ3v) is 4.16. The van der Waals surface area contributed by atoms with Gasteiger partial charge in [-0.15, -0.1) is 0 Å². The maximum absolute atomic E-state index is 11.8. The van der Waals surface area contributed by atoms with E-state index in [9.17, 15) is 9.59 Å². The Morgan fingerprint density at radius 3 is 2.37 bits per heavy atom. The van der Waals surface area contributed by atoms with E-state index < -0.39 is 0 Å². The van der Waals surface area contributed by atoms with Gasteiger partial charge in [0.05, 0.1) is 6.54 Å². The van der Waals surface area contributed by atoms with Gasteiger partial charge in [0.1, 0.15) is 0 Å². The van der Waals surface area contributed by atoms with Crippen LogP contribution in [0.2, 0.25) is 0 Å². The quantitative estimate of drug-likeness (QED) is 0.656. The lowest BCUT2D eigenvalue weighted by molar-refractivity contribution is -0.129. The predicted octanol–water partition coefficient (Wildman–Crippen LogP) is 0.536. The Balaban J connectivity index is 1.58. The van der Waals surface area contributed by atoms with Gasteiger partial charge in [-0.1, -0.05) is 19.3 Å². The van der Waals surface area contributed by atoms with Crippen molar-refractivity contribution in [3.05, 3.63) is 0 Å². The largest absolute Gasteiger partial charge is 0.353 e. The zero-order chi connectivity index (χ0) is 13.7. The molecule has 1 unspecified atom stereocenters. The molecule has 2 amide bonds. The molecule has 0 aliphatic heterocycles. The van der Waals surface area contributed by atoms with E-state index in [2.05, 4.69) is 10.6 Å². The molecule has 2 fully saturated rings. The Morgan fingerprint density at radius 2 is 1.74 bits per heavy atom. The third kappa shape index (κ3) is 4.82. The molecule has 0 radical (unpaired) electrons. The molecular weight excluding hydrogens is 242 g/mol. The molecule has 108 valence electrons. The Kier molecular flexibility index (Phi) is 5.19. The van der Waals surface area contributed by atoms with Crippen molar-refractivity contribution in [3.63, 3.8) is 0 Å². The lowest BCUT2D eigenvalue weighted by Gasteiger charge is -2.20. The normalized spacial score (nSPS) is 21.7. The average molecular weight is 267 g/mol. The van der Waals surface area contributed by atoms with Crippen LogP contribution in [0, 0.1) is 11.8 Å². The summed E-state index contributed by atoms with van der Waals surface area (Å²) in [6, 6.07) is 0.0676. The van der Waals surface area contributed by atoms with Gasteiger partial charge in [-0.3, -0.25) is 9.59 Å². The zero-order valence-corrected chi connectivity index (χ0v) is 11.5. The molecule has 0 aromatic carbocycles. The van der Waals surface area contributed by atoms with E-state index >= 15 is 0 Å². The number of carbonyl (C=O) groups excluding carboxylic acids is 2. The third-order valence-electron chi connectivity index (χ3n) is 4.16. The molecule has 2 rings (SSSR count). The number of rotatable bonds is 6. The lowest BCUT2D eigenvalue weighted by atomic mass is 9.89. The van der Waals surface area contributed by atoms with Crippen LogP contribution in [-0.2, 0) is 9.59 Å². The van der Waals surface area contributed by atoms with Gasteiger partial charge >= 0.3 is 0 Å². The fourth-order valence-electron chi connectivity index (χ4n) is 2.66. The number of carbonyl (C=O) groups is 2. The minimum absolute atomic E-state index is 0.0290. The van der Waals surface area contributed by atoms with Crippen molar-refractivity contribution >= 4 is 11.8 Å². The maximum atomic E-state index is 11.8. The molecular formula is C14H25N3O2. The predicted molar refractivity (Wildman–Crippen MR) is 73.3 cm³/mol. The van der Waals surface area contributed by atoms with Crippen LogP contribution in [0.3, 0.4) is 0 Å². The summed E-state index contributed by atoms with van der Waals surface area (Å²) < 4.78 is 0. The number of hydrogen-bond acceptors (Lipinski definition) is 3. The minimum atomic E-state index is -0.139. The number of hydrogen-bond donors (Lipinski definition) is 3. The molecule has 0 aromatic heterocycles. The second-order valence-electron chi connectivity index (χ2n) is 5.86. The topological polar surface area (TPSA) is 84.2 Å². The molecule has 5 heteroatoms. The van der Waals surface area contributed by atoms with Crippen molar-refractivity contribution in [1.29, 1.82) is 0 Å². The Morgan fingerprint density at radius 1 is 1.05 bits per heavy atom. The Labute approximate surface area is 114 Å². The highest BCUT2D eigenvalue weighted by Gasteiger charge is 2.28. The molecule has 0 heterocycles. The van der Waals surface area contributed by atoms with Crippen LogP contribution in [0.15, 0.2) is 0 Å². The summed E-state index contributed by atoms with van der Waals surface area (Å²) in [5, 5.41) is 5.51. The lowest BCUT2D eigenvalue weighted by Crippen LogP contribution is -2.44. The van der Waals surface area contributed by atoms with Gasteiger partial charge < -0.3 is 16.4 Å². The van der Waals surface area contributed by atoms with Gasteiger partial charge in [0.2, 0.25) is 11.8 Å². The number of nitrogens with one attached hydrogen (secondary N) is 2. The van der Waals surface area contributed by atoms with Crippen LogP contribution in [0.5, 0.6) is 0 Å². The van der Waals surface area contributed by atoms with Crippen molar-refractivity contribution < 1.29 is 9.59 Å². The van der Waals surface area contributed by atoms with Gasteiger partial charge in [-0.2, -0.15) is 0 Å². The van der Waals surface area contributed by atoms with Gasteiger partial charge in [-0.25, -0.2) is 0 Å². The van der Waals surface area contributed by atoms with E-state index in [4.69, 9.17) is 5.73 Å². The first-order valence-electron chi connectivity index (χ1n) is 7.47. The summed E-state index contributed by atoms with van der Waals surface area (Å²) in [5.74, 6) is 0.578. The summed E-state index contributed by atoms with van der Waals surface area (Å²) in [7, 11) is 0. The van der Waals surface area contributed by atoms with Crippen LogP contribution in [-0.4, -0.2) is 30.9 Å². The zero-order valence-electron chi connectivity index (χ0n) is 11.5. The first-order chi connectivity index (χ1) is 9.16. The molecule has 0 bridgehead atoms. The second-order valence-corrected chi connectivity index (χ2v) is 5.86. The maximum Gasteiger partial charge on any atom is 0.239 e. The first-order valence-corrected chi connectivity index (χ1v) is 7.47. The molecule has 0 saturated heterocycles. The summed E-state index contributed by atoms with van der Waals surface area (Å²) in [4.78, 5) is 23.4. The standard InChI is InChI=1S/C14H25N3O2/c15-12(10-6-7-10)8-16-13(18)9-17-14(19)11-4-2-1-3-5-11/h10-12H,1-9,15H2,(H,16,18)(H,17,19). The Bertz CT molecular complexity index is 323. The fourth-order valence-corrected chi connectivity index (χ4v) is 2.66. The Hall–Kier alpha value is -1.10. The molecule has 4 N–H and O–H groups in total. The SMILES string of the molecule is NC(CNC(=O)CNC(=O)C1CCCCC1)C1CC1. The second kappa shape index (κ2) is 6.89.